The standard InChI is InChI=1S/C6H5N2OS/c9-6-1-3-7-5-2-4-10-8(5)6/h3H,2,4H2. The maximum absolute atomic E-state index is 11.0. The lowest BCUT2D eigenvalue weighted by molar-refractivity contribution is 0.928. The van der Waals surface area contributed by atoms with Gasteiger partial charge in [0.25, 0.3) is 5.56 Å². The predicted octanol–water partition coefficient (Wildman–Crippen LogP) is 0.0959. The number of aromatic nitrogens is 2. The molecule has 0 fully saturated rings. The molecule has 0 bridgehead atoms. The normalized spacial score (nSPS) is 15.2. The van der Waals surface area contributed by atoms with Crippen molar-refractivity contribution in [2.45, 2.75) is 6.42 Å². The Kier molecular flexibility index (Phi) is 1.27. The summed E-state index contributed by atoms with van der Waals surface area (Å²) in [6.45, 7) is 0. The van der Waals surface area contributed by atoms with Crippen LogP contribution < -0.4 is 5.56 Å². The molecule has 0 aliphatic carbocycles. The van der Waals surface area contributed by atoms with Gasteiger partial charge in [-0.05, 0) is 11.9 Å². The van der Waals surface area contributed by atoms with Gasteiger partial charge < -0.3 is 0 Å². The third-order valence-electron chi connectivity index (χ3n) is 1.37. The van der Waals surface area contributed by atoms with E-state index in [0.29, 0.717) is 0 Å². The second kappa shape index (κ2) is 2.12. The van der Waals surface area contributed by atoms with Crippen molar-refractivity contribution in [3.05, 3.63) is 28.4 Å². The first-order valence-electron chi connectivity index (χ1n) is 3.00. The Hall–Kier alpha value is -0.770. The second-order valence-corrected chi connectivity index (χ2v) is 3.03. The van der Waals surface area contributed by atoms with E-state index in [-0.39, 0.29) is 5.56 Å². The molecule has 1 aliphatic heterocycles. The molecule has 4 heteroatoms. The largest absolute Gasteiger partial charge is 0.271 e. The monoisotopic (exact) mass is 153 g/mol. The molecule has 51 valence electrons. The Balaban J connectivity index is 2.70. The van der Waals surface area contributed by atoms with Crippen LogP contribution in [0.5, 0.6) is 0 Å². The summed E-state index contributed by atoms with van der Waals surface area (Å²) in [6, 6.07) is 2.51. The van der Waals surface area contributed by atoms with Crippen molar-refractivity contribution in [2.75, 3.05) is 5.75 Å². The van der Waals surface area contributed by atoms with Gasteiger partial charge in [0.1, 0.15) is 5.82 Å². The SMILES string of the molecule is O=c1[c]cnc2n1SCC2. The zero-order valence-electron chi connectivity index (χ0n) is 5.20. The predicted molar refractivity (Wildman–Crippen MR) is 38.9 cm³/mol. The lowest BCUT2D eigenvalue weighted by atomic mass is 10.4. The van der Waals surface area contributed by atoms with Crippen LogP contribution in [-0.4, -0.2) is 14.7 Å². The minimum absolute atomic E-state index is 0.0764. The number of fused-ring (bicyclic) bond motifs is 1. The van der Waals surface area contributed by atoms with E-state index in [4.69, 9.17) is 0 Å². The average molecular weight is 153 g/mol. The smallest absolute Gasteiger partial charge is 0.268 e. The summed E-state index contributed by atoms with van der Waals surface area (Å²) in [5.74, 6) is 1.83. The van der Waals surface area contributed by atoms with Crippen LogP contribution in [0.15, 0.2) is 11.0 Å². The van der Waals surface area contributed by atoms with Crippen molar-refractivity contribution in [1.82, 2.24) is 8.96 Å². The zero-order chi connectivity index (χ0) is 6.97. The Labute approximate surface area is 62.2 Å². The lowest BCUT2D eigenvalue weighted by Crippen LogP contribution is -2.15. The van der Waals surface area contributed by atoms with Crippen LogP contribution in [0.2, 0.25) is 0 Å². The molecule has 0 N–H and O–H groups in total. The van der Waals surface area contributed by atoms with Gasteiger partial charge >= 0.3 is 0 Å². The van der Waals surface area contributed by atoms with Crippen molar-refractivity contribution < 1.29 is 0 Å². The summed E-state index contributed by atoms with van der Waals surface area (Å²) in [6.07, 6.45) is 2.34. The van der Waals surface area contributed by atoms with Crippen molar-refractivity contribution in [3.8, 4) is 0 Å². The highest BCUT2D eigenvalue weighted by Crippen LogP contribution is 2.14. The maximum Gasteiger partial charge on any atom is 0.271 e. The van der Waals surface area contributed by atoms with E-state index in [1.165, 1.54) is 18.1 Å². The number of rotatable bonds is 0. The molecule has 0 unspecified atom stereocenters. The van der Waals surface area contributed by atoms with E-state index < -0.39 is 0 Å². The van der Waals surface area contributed by atoms with Crippen LogP contribution in [-0.2, 0) is 6.42 Å². The molecule has 1 aromatic heterocycles. The van der Waals surface area contributed by atoms with Gasteiger partial charge in [-0.15, -0.1) is 0 Å². The van der Waals surface area contributed by atoms with Crippen LogP contribution in [0, 0.1) is 6.07 Å². The minimum atomic E-state index is -0.0764. The van der Waals surface area contributed by atoms with Crippen molar-refractivity contribution in [3.63, 3.8) is 0 Å². The summed E-state index contributed by atoms with van der Waals surface area (Å²) in [5, 5.41) is 0. The number of hydrogen-bond acceptors (Lipinski definition) is 3. The molecule has 0 atom stereocenters. The highest BCUT2D eigenvalue weighted by atomic mass is 32.2. The lowest BCUT2D eigenvalue weighted by Gasteiger charge is -1.95. The van der Waals surface area contributed by atoms with Crippen molar-refractivity contribution >= 4 is 11.9 Å². The molecule has 0 saturated heterocycles. The van der Waals surface area contributed by atoms with Gasteiger partial charge in [-0.3, -0.25) is 4.79 Å². The fourth-order valence-electron chi connectivity index (χ4n) is 0.918. The van der Waals surface area contributed by atoms with Crippen molar-refractivity contribution in [2.24, 2.45) is 0 Å². The summed E-state index contributed by atoms with van der Waals surface area (Å²) in [5.41, 5.74) is -0.0764. The maximum atomic E-state index is 11.0. The van der Waals surface area contributed by atoms with Gasteiger partial charge in [-0.25, -0.2) is 8.96 Å². The van der Waals surface area contributed by atoms with Gasteiger partial charge in [0.15, 0.2) is 0 Å². The number of nitrogens with zero attached hydrogens (tertiary/aromatic N) is 2. The summed E-state index contributed by atoms with van der Waals surface area (Å²) in [7, 11) is 0. The Morgan fingerprint density at radius 3 is 3.50 bits per heavy atom. The first-order chi connectivity index (χ1) is 4.88. The highest BCUT2D eigenvalue weighted by Gasteiger charge is 2.11. The minimum Gasteiger partial charge on any atom is -0.268 e. The molecular formula is C6H5N2OS. The highest BCUT2D eigenvalue weighted by molar-refractivity contribution is 7.98. The van der Waals surface area contributed by atoms with E-state index in [1.54, 1.807) is 3.97 Å². The Morgan fingerprint density at radius 1 is 1.80 bits per heavy atom. The van der Waals surface area contributed by atoms with Crippen LogP contribution in [0.25, 0.3) is 0 Å². The first-order valence-corrected chi connectivity index (χ1v) is 3.94. The third-order valence-corrected chi connectivity index (χ3v) is 2.39. The molecule has 2 heterocycles. The Morgan fingerprint density at radius 2 is 2.70 bits per heavy atom. The first kappa shape index (κ1) is 5.97. The van der Waals surface area contributed by atoms with Crippen LogP contribution in [0.1, 0.15) is 5.82 Å². The van der Waals surface area contributed by atoms with Crippen LogP contribution >= 0.6 is 11.9 Å². The van der Waals surface area contributed by atoms with E-state index in [9.17, 15) is 4.79 Å². The second-order valence-electron chi connectivity index (χ2n) is 2.00. The van der Waals surface area contributed by atoms with E-state index >= 15 is 0 Å². The molecule has 0 amide bonds. The van der Waals surface area contributed by atoms with Gasteiger partial charge in [-0.1, -0.05) is 0 Å². The van der Waals surface area contributed by atoms with Crippen LogP contribution in [0.4, 0.5) is 0 Å². The number of aryl methyl sites for hydroxylation is 1. The van der Waals surface area contributed by atoms with E-state index in [0.717, 1.165) is 18.0 Å². The zero-order valence-corrected chi connectivity index (χ0v) is 6.02. The summed E-state index contributed by atoms with van der Waals surface area (Å²) < 4.78 is 1.60. The molecule has 0 spiro atoms. The van der Waals surface area contributed by atoms with E-state index in [1.807, 2.05) is 0 Å². The molecule has 0 aromatic carbocycles. The molecule has 1 aliphatic rings. The molecule has 1 radical (unpaired) electrons. The number of hydrogen-bond donors (Lipinski definition) is 0. The Bertz CT molecular complexity index is 307. The fourth-order valence-corrected chi connectivity index (χ4v) is 1.83. The van der Waals surface area contributed by atoms with Gasteiger partial charge in [-0.2, -0.15) is 0 Å². The van der Waals surface area contributed by atoms with Gasteiger partial charge in [0.2, 0.25) is 0 Å². The van der Waals surface area contributed by atoms with E-state index in [2.05, 4.69) is 11.1 Å². The third kappa shape index (κ3) is 0.759. The fraction of sp³-hybridized carbons (Fsp3) is 0.333. The topological polar surface area (TPSA) is 34.9 Å². The van der Waals surface area contributed by atoms with Gasteiger partial charge in [0, 0.05) is 18.4 Å². The molecule has 10 heavy (non-hydrogen) atoms. The molecule has 0 saturated carbocycles. The molecular weight excluding hydrogens is 148 g/mol. The van der Waals surface area contributed by atoms with Gasteiger partial charge in [0.05, 0.1) is 6.07 Å². The molecule has 3 nitrogen and oxygen atoms in total. The quantitative estimate of drug-likeness (QED) is 0.530. The summed E-state index contributed by atoms with van der Waals surface area (Å²) >= 11 is 1.50. The molecule has 2 rings (SSSR count). The molecule has 1 aromatic rings. The van der Waals surface area contributed by atoms with Crippen LogP contribution in [0.3, 0.4) is 0 Å². The van der Waals surface area contributed by atoms with Crippen molar-refractivity contribution in [1.29, 1.82) is 0 Å². The summed E-state index contributed by atoms with van der Waals surface area (Å²) in [4.78, 5) is 15.0. The average Bonchev–Trinajstić information content (AvgIpc) is 2.36.